The van der Waals surface area contributed by atoms with Gasteiger partial charge in [0.05, 0.1) is 12.2 Å². The highest BCUT2D eigenvalue weighted by atomic mass is 19.4. The molecule has 0 fully saturated rings. The van der Waals surface area contributed by atoms with Crippen molar-refractivity contribution in [3.05, 3.63) is 12.2 Å². The van der Waals surface area contributed by atoms with Gasteiger partial charge in [-0.05, 0) is 13.8 Å². The standard InChI is InChI=1S/C14H18F8O4/c1-3-4-10(25)26-7-9(24)6-12(17,18)14(21,22)13(19,20)11(15,16)5-8(2)23/h3-4,8-9,23-24H,5-7H2,1-2H3. The van der Waals surface area contributed by atoms with E-state index in [4.69, 9.17) is 5.11 Å². The molecule has 2 atom stereocenters. The van der Waals surface area contributed by atoms with Crippen LogP contribution in [0.25, 0.3) is 0 Å². The first kappa shape index (κ1) is 24.6. The van der Waals surface area contributed by atoms with E-state index in [9.17, 15) is 45.0 Å². The highest BCUT2D eigenvalue weighted by Gasteiger charge is 2.80. The molecule has 0 aromatic carbocycles. The molecule has 0 aliphatic carbocycles. The Labute approximate surface area is 143 Å². The van der Waals surface area contributed by atoms with Gasteiger partial charge >= 0.3 is 29.7 Å². The van der Waals surface area contributed by atoms with E-state index in [1.54, 1.807) is 0 Å². The summed E-state index contributed by atoms with van der Waals surface area (Å²) in [6.07, 6.45) is -7.28. The second-order valence-corrected chi connectivity index (χ2v) is 5.60. The quantitative estimate of drug-likeness (QED) is 0.335. The van der Waals surface area contributed by atoms with Crippen LogP contribution in [0.3, 0.4) is 0 Å². The van der Waals surface area contributed by atoms with Gasteiger partial charge in [0.1, 0.15) is 6.61 Å². The van der Waals surface area contributed by atoms with Crippen LogP contribution < -0.4 is 0 Å². The third-order valence-corrected chi connectivity index (χ3v) is 3.08. The topological polar surface area (TPSA) is 66.8 Å². The van der Waals surface area contributed by atoms with Gasteiger partial charge in [-0.15, -0.1) is 0 Å². The Morgan fingerprint density at radius 2 is 1.38 bits per heavy atom. The van der Waals surface area contributed by atoms with Gasteiger partial charge in [-0.25, -0.2) is 4.79 Å². The van der Waals surface area contributed by atoms with E-state index in [2.05, 4.69) is 4.74 Å². The summed E-state index contributed by atoms with van der Waals surface area (Å²) in [5, 5.41) is 17.9. The van der Waals surface area contributed by atoms with Crippen LogP contribution in [0.2, 0.25) is 0 Å². The van der Waals surface area contributed by atoms with E-state index in [0.717, 1.165) is 6.08 Å². The first-order valence-electron chi connectivity index (χ1n) is 7.18. The van der Waals surface area contributed by atoms with Crippen molar-refractivity contribution in [2.45, 2.75) is 62.6 Å². The molecule has 0 aliphatic rings. The number of carbonyl (C=O) groups is 1. The predicted molar refractivity (Wildman–Crippen MR) is 72.5 cm³/mol. The summed E-state index contributed by atoms with van der Waals surface area (Å²) in [6.45, 7) is 0.718. The van der Waals surface area contributed by atoms with Crippen LogP contribution in [0.4, 0.5) is 35.1 Å². The number of carbonyl (C=O) groups excluding carboxylic acids is 1. The van der Waals surface area contributed by atoms with Gasteiger partial charge in [0, 0.05) is 18.9 Å². The second kappa shape index (κ2) is 8.51. The van der Waals surface area contributed by atoms with Crippen molar-refractivity contribution in [2.24, 2.45) is 0 Å². The Morgan fingerprint density at radius 1 is 0.962 bits per heavy atom. The Bertz CT molecular complexity index is 505. The SMILES string of the molecule is CC=CC(=O)OCC(O)CC(F)(F)C(F)(F)C(F)(F)C(F)(F)CC(C)O. The van der Waals surface area contributed by atoms with Gasteiger partial charge in [0.25, 0.3) is 0 Å². The van der Waals surface area contributed by atoms with Gasteiger partial charge in [-0.1, -0.05) is 6.08 Å². The number of esters is 1. The fourth-order valence-corrected chi connectivity index (χ4v) is 1.80. The predicted octanol–water partition coefficient (Wildman–Crippen LogP) is 3.17. The van der Waals surface area contributed by atoms with Crippen molar-refractivity contribution in [3.8, 4) is 0 Å². The smallest absolute Gasteiger partial charge is 0.378 e. The number of allylic oxidation sites excluding steroid dienone is 1. The molecule has 0 radical (unpaired) electrons. The fourth-order valence-electron chi connectivity index (χ4n) is 1.80. The van der Waals surface area contributed by atoms with Gasteiger partial charge in [-0.2, -0.15) is 35.1 Å². The lowest BCUT2D eigenvalue weighted by molar-refractivity contribution is -0.372. The first-order chi connectivity index (χ1) is 11.5. The summed E-state index contributed by atoms with van der Waals surface area (Å²) < 4.78 is 112. The molecule has 0 aliphatic heterocycles. The van der Waals surface area contributed by atoms with E-state index in [1.807, 2.05) is 0 Å². The molecule has 0 spiro atoms. The van der Waals surface area contributed by atoms with Crippen molar-refractivity contribution in [1.82, 2.24) is 0 Å². The second-order valence-electron chi connectivity index (χ2n) is 5.60. The van der Waals surface area contributed by atoms with E-state index in [0.29, 0.717) is 6.92 Å². The van der Waals surface area contributed by atoms with Gasteiger partial charge < -0.3 is 14.9 Å². The summed E-state index contributed by atoms with van der Waals surface area (Å²) in [6, 6.07) is 0. The molecule has 0 amide bonds. The molecule has 0 saturated carbocycles. The monoisotopic (exact) mass is 402 g/mol. The van der Waals surface area contributed by atoms with Crippen molar-refractivity contribution >= 4 is 5.97 Å². The average Bonchev–Trinajstić information content (AvgIpc) is 2.43. The zero-order chi connectivity index (χ0) is 21.0. The summed E-state index contributed by atoms with van der Waals surface area (Å²) in [4.78, 5) is 10.9. The lowest BCUT2D eigenvalue weighted by Gasteiger charge is -2.37. The molecular formula is C14H18F8O4. The molecule has 0 aromatic heterocycles. The lowest BCUT2D eigenvalue weighted by Crippen LogP contribution is -2.63. The highest BCUT2D eigenvalue weighted by molar-refractivity contribution is 5.81. The van der Waals surface area contributed by atoms with Crippen LogP contribution in [0.1, 0.15) is 26.7 Å². The molecule has 154 valence electrons. The normalized spacial score (nSPS) is 16.6. The summed E-state index contributed by atoms with van der Waals surface area (Å²) in [5.74, 6) is -25.6. The van der Waals surface area contributed by atoms with Crippen molar-refractivity contribution < 1.29 is 54.9 Å². The molecule has 0 heterocycles. The van der Waals surface area contributed by atoms with E-state index >= 15 is 0 Å². The number of alkyl halides is 8. The largest absolute Gasteiger partial charge is 0.460 e. The zero-order valence-corrected chi connectivity index (χ0v) is 13.7. The summed E-state index contributed by atoms with van der Waals surface area (Å²) in [7, 11) is 0. The maximum atomic E-state index is 13.5. The zero-order valence-electron chi connectivity index (χ0n) is 13.7. The van der Waals surface area contributed by atoms with E-state index < -0.39 is 61.3 Å². The minimum absolute atomic E-state index is 0.586. The van der Waals surface area contributed by atoms with Crippen LogP contribution >= 0.6 is 0 Å². The minimum Gasteiger partial charge on any atom is -0.460 e. The average molecular weight is 402 g/mol. The Kier molecular flexibility index (Phi) is 8.04. The van der Waals surface area contributed by atoms with Gasteiger partial charge in [0.2, 0.25) is 0 Å². The molecule has 0 aromatic rings. The van der Waals surface area contributed by atoms with Crippen LogP contribution in [0.15, 0.2) is 12.2 Å². The van der Waals surface area contributed by atoms with Crippen LogP contribution in [-0.2, 0) is 9.53 Å². The number of aliphatic hydroxyl groups is 2. The number of ether oxygens (including phenoxy) is 1. The first-order valence-corrected chi connectivity index (χ1v) is 7.18. The molecular weight excluding hydrogens is 384 g/mol. The summed E-state index contributed by atoms with van der Waals surface area (Å²) >= 11 is 0. The number of rotatable bonds is 10. The number of halogens is 8. The number of aliphatic hydroxyl groups excluding tert-OH is 2. The molecule has 2 N–H and O–H groups in total. The van der Waals surface area contributed by atoms with Gasteiger partial charge in [-0.3, -0.25) is 0 Å². The van der Waals surface area contributed by atoms with Crippen molar-refractivity contribution in [3.63, 3.8) is 0 Å². The van der Waals surface area contributed by atoms with E-state index in [-0.39, 0.29) is 0 Å². The maximum Gasteiger partial charge on any atom is 0.378 e. The molecule has 0 saturated heterocycles. The van der Waals surface area contributed by atoms with Crippen molar-refractivity contribution in [1.29, 1.82) is 0 Å². The fraction of sp³-hybridized carbons (Fsp3) is 0.786. The number of hydrogen-bond donors (Lipinski definition) is 2. The van der Waals surface area contributed by atoms with Crippen LogP contribution in [0.5, 0.6) is 0 Å². The van der Waals surface area contributed by atoms with E-state index in [1.165, 1.54) is 13.0 Å². The molecule has 12 heteroatoms. The van der Waals surface area contributed by atoms with Crippen molar-refractivity contribution in [2.75, 3.05) is 6.61 Å². The molecule has 4 nitrogen and oxygen atoms in total. The third-order valence-electron chi connectivity index (χ3n) is 3.08. The summed E-state index contributed by atoms with van der Waals surface area (Å²) in [5.41, 5.74) is 0. The maximum absolute atomic E-state index is 13.5. The highest BCUT2D eigenvalue weighted by Crippen LogP contribution is 2.55. The molecule has 26 heavy (non-hydrogen) atoms. The third kappa shape index (κ3) is 5.53. The van der Waals surface area contributed by atoms with Crippen LogP contribution in [0, 0.1) is 0 Å². The Morgan fingerprint density at radius 3 is 1.77 bits per heavy atom. The molecule has 0 rings (SSSR count). The van der Waals surface area contributed by atoms with Crippen LogP contribution in [-0.4, -0.2) is 58.7 Å². The number of hydrogen-bond acceptors (Lipinski definition) is 4. The minimum atomic E-state index is -6.56. The Hall–Kier alpha value is -1.43. The molecule has 2 unspecified atom stereocenters. The van der Waals surface area contributed by atoms with Gasteiger partial charge in [0.15, 0.2) is 0 Å². The molecule has 0 bridgehead atoms. The lowest BCUT2D eigenvalue weighted by atomic mass is 9.92. The Balaban J connectivity index is 5.31.